The topological polar surface area (TPSA) is 204 Å². The Hall–Kier alpha value is -5.78. The quantitative estimate of drug-likeness (QED) is 0.159. The average molecular weight is 958 g/mol. The van der Waals surface area contributed by atoms with E-state index in [4.69, 9.17) is 23.2 Å². The van der Waals surface area contributed by atoms with E-state index in [2.05, 4.69) is 21.3 Å². The van der Waals surface area contributed by atoms with Gasteiger partial charge in [0.25, 0.3) is 0 Å². The van der Waals surface area contributed by atoms with Crippen LogP contribution in [0.3, 0.4) is 0 Å². The SMILES string of the molecule is Cn1c(=O)n(C2CCC(=O)NC2=O)c2ccc(N3CCN(C(=O)C4CCC(NC(=O)[C@@H]5NC6(CCCCC6)[C@@]6(C(=O)Nc7cc(Cl)ccc76)[C@H]5c5cccc(Cl)c5F)CC4)C(C(=O)O)C3)cc21. The van der Waals surface area contributed by atoms with Gasteiger partial charge in [0.05, 0.1) is 22.1 Å². The highest BCUT2D eigenvalue weighted by atomic mass is 35.5. The minimum atomic E-state index is -1.37. The molecule has 5 N–H and O–H groups in total. The van der Waals surface area contributed by atoms with E-state index in [0.717, 1.165) is 19.3 Å². The molecule has 352 valence electrons. The molecule has 5 atom stereocenters. The van der Waals surface area contributed by atoms with Crippen molar-refractivity contribution in [2.24, 2.45) is 13.0 Å². The van der Waals surface area contributed by atoms with Gasteiger partial charge in [-0.05, 0) is 92.5 Å². The molecule has 2 saturated carbocycles. The molecule has 5 amide bonds. The monoisotopic (exact) mass is 956 g/mol. The van der Waals surface area contributed by atoms with E-state index in [1.165, 1.54) is 20.1 Å². The lowest BCUT2D eigenvalue weighted by atomic mass is 9.55. The highest BCUT2D eigenvalue weighted by Crippen LogP contribution is 2.63. The number of hydrogen-bond donors (Lipinski definition) is 5. The molecule has 0 radical (unpaired) electrons. The third-order valence-electron chi connectivity index (χ3n) is 15.6. The van der Waals surface area contributed by atoms with E-state index in [-0.39, 0.29) is 66.2 Å². The summed E-state index contributed by atoms with van der Waals surface area (Å²) in [6.45, 7) is 0.471. The number of halogens is 3. The normalized spacial score (nSPS) is 28.1. The molecule has 10 rings (SSSR count). The number of nitrogens with zero attached hydrogens (tertiary/aromatic N) is 4. The van der Waals surface area contributed by atoms with Crippen molar-refractivity contribution in [1.29, 1.82) is 0 Å². The third kappa shape index (κ3) is 7.21. The smallest absolute Gasteiger partial charge is 0.329 e. The molecule has 2 spiro atoms. The van der Waals surface area contributed by atoms with Crippen molar-refractivity contribution in [3.8, 4) is 0 Å². The number of amides is 5. The number of rotatable bonds is 7. The summed E-state index contributed by atoms with van der Waals surface area (Å²) in [5, 5.41) is 23.0. The first-order valence-electron chi connectivity index (χ1n) is 23.1. The maximum Gasteiger partial charge on any atom is 0.329 e. The van der Waals surface area contributed by atoms with Crippen LogP contribution >= 0.6 is 23.2 Å². The molecule has 4 aromatic rings. The van der Waals surface area contributed by atoms with Gasteiger partial charge in [-0.2, -0.15) is 0 Å². The zero-order valence-electron chi connectivity index (χ0n) is 36.8. The molecule has 1 aromatic heterocycles. The molecular formula is C48H51Cl2FN8O8. The molecule has 3 aromatic carbocycles. The van der Waals surface area contributed by atoms with Crippen LogP contribution in [0.25, 0.3) is 11.0 Å². The molecule has 3 saturated heterocycles. The van der Waals surface area contributed by atoms with Gasteiger partial charge in [-0.3, -0.25) is 43.7 Å². The number of carbonyl (C=O) groups is 6. The standard InChI is InChI=1S/C48H51Cl2FN8O8/c1-56-35-23-28(13-15-33(35)59(46(56)67)34-16-17-37(60)54-41(34)61)57-20-21-58(36(24-57)44(64)65)43(63)25-8-11-27(12-9-25)52-42(62)40-38(29-6-5-7-31(50)39(29)51)48(47(55-40)18-3-2-4-19-47)30-14-10-26(49)22-32(30)53-45(48)66/h5-7,10,13-15,22-23,25,27,34,36,38,40,55H,2-4,8-9,11-12,16-21,24H2,1H3,(H,52,62)(H,53,66)(H,64,65)(H,54,60,61)/t25?,27?,34?,36?,38-,40+,48+/m0/s1. The Kier molecular flexibility index (Phi) is 11.5. The number of imidazole rings is 1. The van der Waals surface area contributed by atoms with Crippen molar-refractivity contribution in [2.45, 2.75) is 112 Å². The first-order valence-corrected chi connectivity index (χ1v) is 23.9. The molecule has 5 fully saturated rings. The number of nitrogens with one attached hydrogen (secondary N) is 4. The summed E-state index contributed by atoms with van der Waals surface area (Å²) < 4.78 is 19.2. The summed E-state index contributed by atoms with van der Waals surface area (Å²) in [6.07, 6.45) is 5.73. The average Bonchev–Trinajstić information content (AvgIpc) is 3.87. The van der Waals surface area contributed by atoms with E-state index >= 15 is 4.39 Å². The van der Waals surface area contributed by atoms with Gasteiger partial charge in [0.15, 0.2) is 0 Å². The summed E-state index contributed by atoms with van der Waals surface area (Å²) in [5.74, 6) is -5.21. The van der Waals surface area contributed by atoms with E-state index in [9.17, 15) is 38.7 Å². The van der Waals surface area contributed by atoms with Crippen molar-refractivity contribution >= 4 is 81.1 Å². The molecule has 67 heavy (non-hydrogen) atoms. The highest BCUT2D eigenvalue weighted by Gasteiger charge is 2.72. The number of anilines is 2. The number of piperidine rings is 1. The van der Waals surface area contributed by atoms with Crippen LogP contribution in [0.4, 0.5) is 15.8 Å². The van der Waals surface area contributed by atoms with Gasteiger partial charge in [0.2, 0.25) is 29.5 Å². The first kappa shape index (κ1) is 45.0. The number of fused-ring (bicyclic) bond motifs is 4. The molecule has 2 aliphatic carbocycles. The van der Waals surface area contributed by atoms with E-state index in [1.807, 2.05) is 11.0 Å². The van der Waals surface area contributed by atoms with E-state index in [0.29, 0.717) is 78.1 Å². The lowest BCUT2D eigenvalue weighted by molar-refractivity contribution is -0.153. The highest BCUT2D eigenvalue weighted by molar-refractivity contribution is 6.31. The number of imide groups is 1. The van der Waals surface area contributed by atoms with E-state index < -0.39 is 64.3 Å². The largest absolute Gasteiger partial charge is 0.480 e. The van der Waals surface area contributed by atoms with Gasteiger partial charge in [0.1, 0.15) is 23.3 Å². The van der Waals surface area contributed by atoms with Gasteiger partial charge in [-0.15, -0.1) is 0 Å². The maximum atomic E-state index is 16.4. The zero-order valence-corrected chi connectivity index (χ0v) is 38.3. The Bertz CT molecular complexity index is 2820. The van der Waals surface area contributed by atoms with Crippen LogP contribution < -0.4 is 31.9 Å². The second kappa shape index (κ2) is 17.1. The van der Waals surface area contributed by atoms with Crippen LogP contribution in [0.2, 0.25) is 10.0 Å². The fourth-order valence-corrected chi connectivity index (χ4v) is 12.9. The predicted octanol–water partition coefficient (Wildman–Crippen LogP) is 4.89. The van der Waals surface area contributed by atoms with Crippen LogP contribution in [0.15, 0.2) is 59.4 Å². The Morgan fingerprint density at radius 1 is 0.881 bits per heavy atom. The summed E-state index contributed by atoms with van der Waals surface area (Å²) in [4.78, 5) is 97.7. The summed E-state index contributed by atoms with van der Waals surface area (Å²) >= 11 is 12.8. The number of aliphatic carboxylic acids is 1. The second-order valence-electron chi connectivity index (χ2n) is 19.1. The van der Waals surface area contributed by atoms with Gasteiger partial charge < -0.3 is 25.5 Å². The first-order chi connectivity index (χ1) is 32.1. The molecule has 2 unspecified atom stereocenters. The number of carboxylic acid groups (broad SMARTS) is 1. The number of hydrogen-bond acceptors (Lipinski definition) is 9. The van der Waals surface area contributed by atoms with Crippen LogP contribution in [0.5, 0.6) is 0 Å². The number of carboxylic acids is 1. The Morgan fingerprint density at radius 2 is 1.64 bits per heavy atom. The van der Waals surface area contributed by atoms with Crippen LogP contribution in [-0.4, -0.2) is 97.9 Å². The molecule has 6 aliphatic rings. The number of aryl methyl sites for hydroxylation is 1. The number of carbonyl (C=O) groups excluding carboxylic acids is 5. The van der Waals surface area contributed by atoms with Gasteiger partial charge in [-0.1, -0.05) is 60.7 Å². The Morgan fingerprint density at radius 3 is 2.37 bits per heavy atom. The summed E-state index contributed by atoms with van der Waals surface area (Å²) in [7, 11) is 1.59. The predicted molar refractivity (Wildman–Crippen MR) is 246 cm³/mol. The summed E-state index contributed by atoms with van der Waals surface area (Å²) in [6, 6.07) is 11.8. The fourth-order valence-electron chi connectivity index (χ4n) is 12.5. The summed E-state index contributed by atoms with van der Waals surface area (Å²) in [5.41, 5.74) is 0.361. The number of benzene rings is 3. The number of piperazine rings is 1. The van der Waals surface area contributed by atoms with Gasteiger partial charge >= 0.3 is 11.7 Å². The van der Waals surface area contributed by atoms with Crippen LogP contribution in [-0.2, 0) is 41.2 Å². The fraction of sp³-hybridized carbons (Fsp3) is 0.479. The van der Waals surface area contributed by atoms with Gasteiger partial charge in [0, 0.05) is 72.9 Å². The Labute approximate surface area is 394 Å². The van der Waals surface area contributed by atoms with Crippen LogP contribution in [0.1, 0.15) is 93.7 Å². The minimum Gasteiger partial charge on any atom is -0.480 e. The van der Waals surface area contributed by atoms with E-state index in [1.54, 1.807) is 49.5 Å². The van der Waals surface area contributed by atoms with Crippen molar-refractivity contribution in [3.63, 3.8) is 0 Å². The molecular weight excluding hydrogens is 906 g/mol. The zero-order chi connectivity index (χ0) is 47.1. The van der Waals surface area contributed by atoms with Crippen LogP contribution in [0, 0.1) is 11.7 Å². The number of aromatic nitrogens is 2. The molecule has 19 heteroatoms. The molecule has 0 bridgehead atoms. The lowest BCUT2D eigenvalue weighted by Gasteiger charge is -2.47. The molecule has 16 nitrogen and oxygen atoms in total. The minimum absolute atomic E-state index is 0.00107. The third-order valence-corrected chi connectivity index (χ3v) is 16.2. The van der Waals surface area contributed by atoms with Crippen molar-refractivity contribution in [2.75, 3.05) is 29.9 Å². The maximum absolute atomic E-state index is 16.4. The van der Waals surface area contributed by atoms with Crippen molar-refractivity contribution < 1.29 is 38.3 Å². The van der Waals surface area contributed by atoms with Gasteiger partial charge in [-0.25, -0.2) is 14.0 Å². The van der Waals surface area contributed by atoms with Crippen molar-refractivity contribution in [3.05, 3.63) is 92.1 Å². The lowest BCUT2D eigenvalue weighted by Crippen LogP contribution is -2.60. The molecule has 4 aliphatic heterocycles. The Balaban J connectivity index is 0.845. The molecule has 5 heterocycles. The second-order valence-corrected chi connectivity index (χ2v) is 19.9. The van der Waals surface area contributed by atoms with Crippen molar-refractivity contribution in [1.82, 2.24) is 30.0 Å².